The van der Waals surface area contributed by atoms with Crippen LogP contribution in [-0.2, 0) is 0 Å². The molecule has 7 heteroatoms. The average Bonchev–Trinajstić information content (AvgIpc) is 3.01. The monoisotopic (exact) mass is 365 g/mol. The van der Waals surface area contributed by atoms with Gasteiger partial charge >= 0.3 is 0 Å². The molecule has 0 aliphatic heterocycles. The summed E-state index contributed by atoms with van der Waals surface area (Å²) in [4.78, 5) is 12.3. The third-order valence-electron chi connectivity index (χ3n) is 3.12. The van der Waals surface area contributed by atoms with Crippen molar-refractivity contribution < 1.29 is 4.79 Å². The van der Waals surface area contributed by atoms with Crippen LogP contribution in [0.1, 0.15) is 10.5 Å². The van der Waals surface area contributed by atoms with E-state index in [9.17, 15) is 4.79 Å². The molecule has 0 radical (unpaired) electrons. The van der Waals surface area contributed by atoms with Gasteiger partial charge in [0.2, 0.25) is 0 Å². The molecule has 4 nitrogen and oxygen atoms in total. The van der Waals surface area contributed by atoms with Gasteiger partial charge in [0.25, 0.3) is 5.91 Å². The minimum atomic E-state index is -0.366. The summed E-state index contributed by atoms with van der Waals surface area (Å²) in [5, 5.41) is 11.0. The van der Waals surface area contributed by atoms with E-state index in [2.05, 4.69) is 15.5 Å². The summed E-state index contributed by atoms with van der Waals surface area (Å²) in [6.07, 6.45) is 0. The van der Waals surface area contributed by atoms with Crippen molar-refractivity contribution >= 4 is 46.4 Å². The topological polar surface area (TPSA) is 57.8 Å². The minimum Gasteiger partial charge on any atom is -0.319 e. The third kappa shape index (κ3) is 3.67. The molecule has 0 fully saturated rings. The van der Waals surface area contributed by atoms with Crippen LogP contribution in [0.5, 0.6) is 0 Å². The van der Waals surface area contributed by atoms with Crippen molar-refractivity contribution in [2.75, 3.05) is 5.32 Å². The number of benzene rings is 2. The predicted octanol–water partition coefficient (Wildman–Crippen LogP) is 5.29. The standard InChI is InChI=1S/C16H10Cl3N3O/c17-10-3-1-2-9(6-10)13-8-15(22-21-13)16(23)20-14-7-11(18)4-5-12(14)19/h1-8H,(H,20,23)(H,21,22). The number of aromatic nitrogens is 2. The summed E-state index contributed by atoms with van der Waals surface area (Å²) in [7, 11) is 0. The van der Waals surface area contributed by atoms with Crippen molar-refractivity contribution in [2.24, 2.45) is 0 Å². The van der Waals surface area contributed by atoms with Crippen molar-refractivity contribution in [1.82, 2.24) is 10.2 Å². The smallest absolute Gasteiger partial charge is 0.273 e. The first kappa shape index (κ1) is 15.9. The maximum atomic E-state index is 12.3. The highest BCUT2D eigenvalue weighted by atomic mass is 35.5. The summed E-state index contributed by atoms with van der Waals surface area (Å²) in [5.74, 6) is -0.366. The van der Waals surface area contributed by atoms with Gasteiger partial charge in [-0.15, -0.1) is 0 Å². The molecular formula is C16H10Cl3N3O. The predicted molar refractivity (Wildman–Crippen MR) is 93.4 cm³/mol. The molecule has 3 aromatic rings. The summed E-state index contributed by atoms with van der Waals surface area (Å²) >= 11 is 17.9. The Labute approximate surface area is 147 Å². The summed E-state index contributed by atoms with van der Waals surface area (Å²) in [5.41, 5.74) is 2.17. The molecule has 0 atom stereocenters. The van der Waals surface area contributed by atoms with Crippen molar-refractivity contribution in [1.29, 1.82) is 0 Å². The van der Waals surface area contributed by atoms with Crippen molar-refractivity contribution in [3.05, 3.63) is 69.3 Å². The van der Waals surface area contributed by atoms with Crippen LogP contribution >= 0.6 is 34.8 Å². The van der Waals surface area contributed by atoms with Crippen LogP contribution in [0.4, 0.5) is 5.69 Å². The number of carbonyl (C=O) groups is 1. The van der Waals surface area contributed by atoms with Crippen LogP contribution in [0, 0.1) is 0 Å². The molecule has 0 bridgehead atoms. The number of rotatable bonds is 3. The number of halogens is 3. The number of amides is 1. The van der Waals surface area contributed by atoms with E-state index in [0.29, 0.717) is 32.1 Å². The highest BCUT2D eigenvalue weighted by Gasteiger charge is 2.13. The van der Waals surface area contributed by atoms with Crippen LogP contribution in [0.25, 0.3) is 11.3 Å². The molecule has 1 heterocycles. The van der Waals surface area contributed by atoms with E-state index in [1.165, 1.54) is 0 Å². The quantitative estimate of drug-likeness (QED) is 0.661. The number of anilines is 1. The Morgan fingerprint density at radius 3 is 2.57 bits per heavy atom. The number of nitrogens with zero attached hydrogens (tertiary/aromatic N) is 1. The highest BCUT2D eigenvalue weighted by molar-refractivity contribution is 6.35. The van der Waals surface area contributed by atoms with E-state index in [1.807, 2.05) is 12.1 Å². The van der Waals surface area contributed by atoms with E-state index in [-0.39, 0.29) is 5.91 Å². The lowest BCUT2D eigenvalue weighted by molar-refractivity contribution is 0.102. The first-order chi connectivity index (χ1) is 11.0. The zero-order chi connectivity index (χ0) is 16.4. The SMILES string of the molecule is O=C(Nc1cc(Cl)ccc1Cl)c1cc(-c2cccc(Cl)c2)n[nH]1. The Morgan fingerprint density at radius 1 is 1.00 bits per heavy atom. The number of nitrogens with one attached hydrogen (secondary N) is 2. The second-order valence-corrected chi connectivity index (χ2v) is 6.04. The molecule has 116 valence electrons. The van der Waals surface area contributed by atoms with Crippen LogP contribution < -0.4 is 5.32 Å². The molecule has 0 saturated carbocycles. The minimum absolute atomic E-state index is 0.302. The molecule has 0 spiro atoms. The summed E-state index contributed by atoms with van der Waals surface area (Å²) in [6, 6.07) is 13.7. The van der Waals surface area contributed by atoms with Gasteiger partial charge in [-0.3, -0.25) is 9.89 Å². The van der Waals surface area contributed by atoms with Crippen molar-refractivity contribution in [2.45, 2.75) is 0 Å². The second kappa shape index (κ2) is 6.62. The van der Waals surface area contributed by atoms with E-state index in [1.54, 1.807) is 36.4 Å². The van der Waals surface area contributed by atoms with Gasteiger partial charge in [-0.25, -0.2) is 0 Å². The molecule has 0 unspecified atom stereocenters. The highest BCUT2D eigenvalue weighted by Crippen LogP contribution is 2.26. The van der Waals surface area contributed by atoms with Gasteiger partial charge in [-0.05, 0) is 36.4 Å². The Hall–Kier alpha value is -2.01. The number of carbonyl (C=O) groups excluding carboxylic acids is 1. The zero-order valence-corrected chi connectivity index (χ0v) is 13.9. The van der Waals surface area contributed by atoms with Crippen LogP contribution in [0.15, 0.2) is 48.5 Å². The van der Waals surface area contributed by atoms with Crippen LogP contribution in [0.3, 0.4) is 0 Å². The van der Waals surface area contributed by atoms with Gasteiger partial charge in [0.15, 0.2) is 0 Å². The van der Waals surface area contributed by atoms with Gasteiger partial charge in [0, 0.05) is 15.6 Å². The number of hydrogen-bond acceptors (Lipinski definition) is 2. The fourth-order valence-corrected chi connectivity index (χ4v) is 2.54. The normalized spacial score (nSPS) is 10.6. The van der Waals surface area contributed by atoms with Gasteiger partial charge < -0.3 is 5.32 Å². The largest absolute Gasteiger partial charge is 0.319 e. The lowest BCUT2D eigenvalue weighted by atomic mass is 10.1. The maximum Gasteiger partial charge on any atom is 0.273 e. The number of aromatic amines is 1. The fourth-order valence-electron chi connectivity index (χ4n) is 2.02. The number of hydrogen-bond donors (Lipinski definition) is 2. The Balaban J connectivity index is 1.82. The molecule has 1 aromatic heterocycles. The lowest BCUT2D eigenvalue weighted by Gasteiger charge is -2.06. The second-order valence-electron chi connectivity index (χ2n) is 4.76. The van der Waals surface area contributed by atoms with Crippen molar-refractivity contribution in [3.63, 3.8) is 0 Å². The Morgan fingerprint density at radius 2 is 1.78 bits per heavy atom. The van der Waals surface area contributed by atoms with Crippen molar-refractivity contribution in [3.8, 4) is 11.3 Å². The van der Waals surface area contributed by atoms with E-state index >= 15 is 0 Å². The third-order valence-corrected chi connectivity index (χ3v) is 3.92. The van der Waals surface area contributed by atoms with Crippen LogP contribution in [-0.4, -0.2) is 16.1 Å². The first-order valence-electron chi connectivity index (χ1n) is 6.61. The molecule has 2 aromatic carbocycles. The Kier molecular flexibility index (Phi) is 4.57. The molecule has 0 saturated heterocycles. The van der Waals surface area contributed by atoms with Gasteiger partial charge in [-0.1, -0.05) is 46.9 Å². The molecule has 1 amide bonds. The zero-order valence-electron chi connectivity index (χ0n) is 11.6. The van der Waals surface area contributed by atoms with Gasteiger partial charge in [0.1, 0.15) is 5.69 Å². The van der Waals surface area contributed by atoms with Gasteiger partial charge in [-0.2, -0.15) is 5.10 Å². The first-order valence-corrected chi connectivity index (χ1v) is 7.74. The van der Waals surface area contributed by atoms with E-state index in [4.69, 9.17) is 34.8 Å². The molecule has 23 heavy (non-hydrogen) atoms. The molecule has 3 rings (SSSR count). The summed E-state index contributed by atoms with van der Waals surface area (Å²) in [6.45, 7) is 0. The maximum absolute atomic E-state index is 12.3. The molecule has 2 N–H and O–H groups in total. The Bertz CT molecular complexity index is 877. The summed E-state index contributed by atoms with van der Waals surface area (Å²) < 4.78 is 0. The van der Waals surface area contributed by atoms with Gasteiger partial charge in [0.05, 0.1) is 16.4 Å². The average molecular weight is 367 g/mol. The van der Waals surface area contributed by atoms with E-state index in [0.717, 1.165) is 5.56 Å². The molecule has 0 aliphatic carbocycles. The van der Waals surface area contributed by atoms with E-state index < -0.39 is 0 Å². The number of H-pyrrole nitrogens is 1. The van der Waals surface area contributed by atoms with Crippen LogP contribution in [0.2, 0.25) is 15.1 Å². The lowest BCUT2D eigenvalue weighted by Crippen LogP contribution is -2.12. The molecule has 0 aliphatic rings. The molecular weight excluding hydrogens is 357 g/mol. The fraction of sp³-hybridized carbons (Fsp3) is 0.